The van der Waals surface area contributed by atoms with Crippen molar-refractivity contribution >= 4 is 11.0 Å². The second-order valence-electron chi connectivity index (χ2n) is 4.51. The van der Waals surface area contributed by atoms with Crippen molar-refractivity contribution in [2.45, 2.75) is 6.54 Å². The fourth-order valence-corrected chi connectivity index (χ4v) is 2.32. The fraction of sp³-hybridized carbons (Fsp3) is 0.385. The summed E-state index contributed by atoms with van der Waals surface area (Å²) < 4.78 is 33.1. The van der Waals surface area contributed by atoms with Crippen molar-refractivity contribution in [3.63, 3.8) is 0 Å². The molecule has 0 aliphatic carbocycles. The number of hydrogen-bond acceptors (Lipinski definition) is 3. The summed E-state index contributed by atoms with van der Waals surface area (Å²) >= 11 is 0. The van der Waals surface area contributed by atoms with Crippen LogP contribution in [0, 0.1) is 11.6 Å². The molecule has 1 N–H and O–H groups in total. The molecule has 1 aromatic carbocycles. The van der Waals surface area contributed by atoms with Crippen LogP contribution in [0.25, 0.3) is 11.0 Å². The normalized spacial score (nSPS) is 17.4. The molecule has 18 heavy (non-hydrogen) atoms. The minimum Gasteiger partial charge on any atom is -0.464 e. The molecule has 1 aliphatic heterocycles. The minimum atomic E-state index is -0.534. The zero-order valence-electron chi connectivity index (χ0n) is 9.88. The largest absolute Gasteiger partial charge is 0.464 e. The van der Waals surface area contributed by atoms with Gasteiger partial charge in [-0.2, -0.15) is 0 Å². The van der Waals surface area contributed by atoms with Crippen molar-refractivity contribution < 1.29 is 13.2 Å². The summed E-state index contributed by atoms with van der Waals surface area (Å²) in [4.78, 5) is 2.05. The van der Waals surface area contributed by atoms with Gasteiger partial charge < -0.3 is 9.73 Å². The number of nitrogens with one attached hydrogen (secondary N) is 1. The van der Waals surface area contributed by atoms with Gasteiger partial charge in [0.25, 0.3) is 0 Å². The molecule has 1 aliphatic rings. The van der Waals surface area contributed by atoms with Crippen molar-refractivity contribution in [1.82, 2.24) is 10.2 Å². The van der Waals surface area contributed by atoms with E-state index in [0.717, 1.165) is 26.2 Å². The monoisotopic (exact) mass is 252 g/mol. The average molecular weight is 252 g/mol. The Hall–Kier alpha value is -1.46. The first kappa shape index (κ1) is 11.6. The van der Waals surface area contributed by atoms with Gasteiger partial charge in [0.15, 0.2) is 0 Å². The van der Waals surface area contributed by atoms with E-state index in [-0.39, 0.29) is 11.1 Å². The molecule has 96 valence electrons. The number of benzene rings is 1. The van der Waals surface area contributed by atoms with Gasteiger partial charge in [-0.3, -0.25) is 4.90 Å². The van der Waals surface area contributed by atoms with Crippen molar-refractivity contribution in [2.75, 3.05) is 26.2 Å². The number of nitrogens with zero attached hydrogens (tertiary/aromatic N) is 1. The molecule has 3 nitrogen and oxygen atoms in total. The smallest absolute Gasteiger partial charge is 0.141 e. The number of furan rings is 1. The summed E-state index contributed by atoms with van der Waals surface area (Å²) in [6, 6.07) is 2.79. The summed E-state index contributed by atoms with van der Waals surface area (Å²) in [5.41, 5.74) is 0.389. The highest BCUT2D eigenvalue weighted by Crippen LogP contribution is 2.25. The van der Waals surface area contributed by atoms with E-state index in [0.29, 0.717) is 11.9 Å². The van der Waals surface area contributed by atoms with Gasteiger partial charge in [0.2, 0.25) is 0 Å². The van der Waals surface area contributed by atoms with Gasteiger partial charge >= 0.3 is 0 Å². The lowest BCUT2D eigenvalue weighted by Crippen LogP contribution is -2.43. The predicted octanol–water partition coefficient (Wildman–Crippen LogP) is 2.12. The molecule has 0 unspecified atom stereocenters. The van der Waals surface area contributed by atoms with Crippen LogP contribution in [0.4, 0.5) is 8.78 Å². The molecule has 0 amide bonds. The van der Waals surface area contributed by atoms with Gasteiger partial charge in [0, 0.05) is 44.4 Å². The molecule has 0 atom stereocenters. The second-order valence-corrected chi connectivity index (χ2v) is 4.51. The van der Waals surface area contributed by atoms with Crippen molar-refractivity contribution in [2.24, 2.45) is 0 Å². The summed E-state index contributed by atoms with van der Waals surface area (Å²) in [6.07, 6.45) is 1.38. The molecule has 0 spiro atoms. The van der Waals surface area contributed by atoms with Crippen LogP contribution in [-0.4, -0.2) is 31.1 Å². The van der Waals surface area contributed by atoms with Gasteiger partial charge in [-0.15, -0.1) is 0 Å². The number of hydrogen-bond donors (Lipinski definition) is 1. The summed E-state index contributed by atoms with van der Waals surface area (Å²) in [5.74, 6) is -1.04. The first-order chi connectivity index (χ1) is 8.75. The second kappa shape index (κ2) is 4.66. The van der Waals surface area contributed by atoms with Gasteiger partial charge in [-0.1, -0.05) is 0 Å². The van der Waals surface area contributed by atoms with E-state index < -0.39 is 11.6 Å². The van der Waals surface area contributed by atoms with Crippen LogP contribution >= 0.6 is 0 Å². The third kappa shape index (κ3) is 2.00. The van der Waals surface area contributed by atoms with Crippen LogP contribution in [-0.2, 0) is 6.54 Å². The molecule has 1 fully saturated rings. The zero-order chi connectivity index (χ0) is 12.5. The maximum absolute atomic E-state index is 14.2. The van der Waals surface area contributed by atoms with Crippen LogP contribution < -0.4 is 5.32 Å². The maximum Gasteiger partial charge on any atom is 0.141 e. The molecule has 5 heteroatoms. The quantitative estimate of drug-likeness (QED) is 0.887. The molecule has 2 aromatic rings. The van der Waals surface area contributed by atoms with Crippen LogP contribution in [0.2, 0.25) is 0 Å². The summed E-state index contributed by atoms with van der Waals surface area (Å²) in [7, 11) is 0. The lowest BCUT2D eigenvalue weighted by Gasteiger charge is -2.27. The first-order valence-electron chi connectivity index (χ1n) is 6.03. The number of fused-ring (bicyclic) bond motifs is 1. The van der Waals surface area contributed by atoms with E-state index in [1.54, 1.807) is 0 Å². The summed E-state index contributed by atoms with van der Waals surface area (Å²) in [6.45, 7) is 3.64. The minimum absolute atomic E-state index is 0.130. The van der Waals surface area contributed by atoms with Gasteiger partial charge in [-0.05, 0) is 6.07 Å². The van der Waals surface area contributed by atoms with Gasteiger partial charge in [0.1, 0.15) is 17.2 Å². The lowest BCUT2D eigenvalue weighted by molar-refractivity contribution is 0.227. The number of piperazine rings is 1. The molecular formula is C13H14F2N2O. The first-order valence-corrected chi connectivity index (χ1v) is 6.03. The Kier molecular flexibility index (Phi) is 3.01. The molecule has 2 heterocycles. The van der Waals surface area contributed by atoms with Crippen LogP contribution in [0.1, 0.15) is 5.56 Å². The Balaban J connectivity index is 1.94. The van der Waals surface area contributed by atoms with E-state index in [9.17, 15) is 8.78 Å². The average Bonchev–Trinajstić information content (AvgIpc) is 2.84. The fourth-order valence-electron chi connectivity index (χ4n) is 2.32. The van der Waals surface area contributed by atoms with Gasteiger partial charge in [-0.25, -0.2) is 8.78 Å². The molecule has 0 saturated carbocycles. The highest BCUT2D eigenvalue weighted by atomic mass is 19.1. The van der Waals surface area contributed by atoms with Crippen molar-refractivity contribution in [3.05, 3.63) is 35.6 Å². The molecular weight excluding hydrogens is 238 g/mol. The van der Waals surface area contributed by atoms with E-state index in [1.165, 1.54) is 18.4 Å². The van der Waals surface area contributed by atoms with Crippen LogP contribution in [0.15, 0.2) is 22.8 Å². The van der Waals surface area contributed by atoms with Crippen molar-refractivity contribution in [1.29, 1.82) is 0 Å². The highest BCUT2D eigenvalue weighted by molar-refractivity contribution is 5.78. The third-order valence-electron chi connectivity index (χ3n) is 3.33. The molecule has 3 rings (SSSR count). The molecule has 0 radical (unpaired) electrons. The number of rotatable bonds is 2. The Morgan fingerprint density at radius 2 is 2.06 bits per heavy atom. The topological polar surface area (TPSA) is 28.4 Å². The highest BCUT2D eigenvalue weighted by Gasteiger charge is 2.19. The molecule has 1 aromatic heterocycles. The predicted molar refractivity (Wildman–Crippen MR) is 64.3 cm³/mol. The Morgan fingerprint density at radius 3 is 2.83 bits per heavy atom. The van der Waals surface area contributed by atoms with E-state index in [2.05, 4.69) is 5.32 Å². The summed E-state index contributed by atoms with van der Waals surface area (Å²) in [5, 5.41) is 3.56. The Labute approximate surface area is 103 Å². The third-order valence-corrected chi connectivity index (χ3v) is 3.33. The Bertz CT molecular complexity index is 561. The van der Waals surface area contributed by atoms with Crippen LogP contribution in [0.5, 0.6) is 0 Å². The maximum atomic E-state index is 14.2. The van der Waals surface area contributed by atoms with E-state index in [1.807, 2.05) is 4.90 Å². The molecule has 1 saturated heterocycles. The van der Waals surface area contributed by atoms with Crippen molar-refractivity contribution in [3.8, 4) is 0 Å². The van der Waals surface area contributed by atoms with E-state index >= 15 is 0 Å². The standard InChI is InChI=1S/C13H14F2N2O/c14-11-7-12-9(1-6-18-12)13(15)10(11)8-17-4-2-16-3-5-17/h1,6-7,16H,2-5,8H2. The van der Waals surface area contributed by atoms with E-state index in [4.69, 9.17) is 4.42 Å². The lowest BCUT2D eigenvalue weighted by atomic mass is 10.1. The molecule has 0 bridgehead atoms. The zero-order valence-corrected chi connectivity index (χ0v) is 9.88. The SMILES string of the molecule is Fc1cc2occc2c(F)c1CN1CCNCC1. The number of halogens is 2. The Morgan fingerprint density at radius 1 is 1.28 bits per heavy atom. The van der Waals surface area contributed by atoms with Gasteiger partial charge in [0.05, 0.1) is 11.6 Å². The van der Waals surface area contributed by atoms with Crippen LogP contribution in [0.3, 0.4) is 0 Å².